The maximum absolute atomic E-state index is 6.34. The molecule has 0 aliphatic carbocycles. The van der Waals surface area contributed by atoms with E-state index in [-0.39, 0.29) is 6.04 Å². The van der Waals surface area contributed by atoms with E-state index in [1.807, 2.05) is 0 Å². The topological polar surface area (TPSA) is 26.0 Å². The van der Waals surface area contributed by atoms with Crippen LogP contribution < -0.4 is 5.73 Å². The summed E-state index contributed by atoms with van der Waals surface area (Å²) in [7, 11) is 0. The summed E-state index contributed by atoms with van der Waals surface area (Å²) in [6, 6.07) is 14.8. The fourth-order valence-electron chi connectivity index (χ4n) is 2.20. The molecule has 0 bridgehead atoms. The van der Waals surface area contributed by atoms with Gasteiger partial charge in [0.25, 0.3) is 0 Å². The molecule has 2 aromatic rings. The Labute approximate surface area is 117 Å². The van der Waals surface area contributed by atoms with Gasteiger partial charge in [-0.2, -0.15) is 0 Å². The zero-order valence-corrected chi connectivity index (χ0v) is 12.4. The summed E-state index contributed by atoms with van der Waals surface area (Å²) in [5.74, 6) is 0. The molecule has 0 fully saturated rings. The highest BCUT2D eigenvalue weighted by Gasteiger charge is 2.11. The number of hydrogen-bond donors (Lipinski definition) is 1. The molecule has 0 radical (unpaired) electrons. The summed E-state index contributed by atoms with van der Waals surface area (Å²) in [6.45, 7) is 4.25. The van der Waals surface area contributed by atoms with Crippen molar-refractivity contribution in [1.82, 2.24) is 0 Å². The first-order valence-electron chi connectivity index (χ1n) is 6.14. The van der Waals surface area contributed by atoms with Crippen LogP contribution in [0.3, 0.4) is 0 Å². The van der Waals surface area contributed by atoms with E-state index in [9.17, 15) is 0 Å². The third-order valence-electron chi connectivity index (χ3n) is 3.34. The number of nitrogens with two attached hydrogens (primary N) is 1. The van der Waals surface area contributed by atoms with Crippen LogP contribution in [0.4, 0.5) is 0 Å². The standard InChI is InChI=1S/C16H18BrN/c1-11-5-3-4-6-13(11)9-16(18)15-10-14(17)8-7-12(15)2/h3-8,10,16H,9,18H2,1-2H3. The molecule has 1 atom stereocenters. The fraction of sp³-hybridized carbons (Fsp3) is 0.250. The van der Waals surface area contributed by atoms with Crippen LogP contribution in [0, 0.1) is 13.8 Å². The van der Waals surface area contributed by atoms with Crippen LogP contribution in [0.5, 0.6) is 0 Å². The van der Waals surface area contributed by atoms with E-state index in [1.165, 1.54) is 22.3 Å². The molecule has 0 aliphatic heterocycles. The Hall–Kier alpha value is -1.12. The molecular weight excluding hydrogens is 286 g/mol. The molecule has 1 unspecified atom stereocenters. The van der Waals surface area contributed by atoms with Crippen molar-refractivity contribution in [2.75, 3.05) is 0 Å². The zero-order chi connectivity index (χ0) is 13.1. The van der Waals surface area contributed by atoms with Crippen molar-refractivity contribution in [3.05, 3.63) is 69.2 Å². The Morgan fingerprint density at radius 2 is 1.78 bits per heavy atom. The minimum Gasteiger partial charge on any atom is -0.324 e. The lowest BCUT2D eigenvalue weighted by atomic mass is 9.94. The van der Waals surface area contributed by atoms with Gasteiger partial charge in [0.2, 0.25) is 0 Å². The van der Waals surface area contributed by atoms with E-state index in [2.05, 4.69) is 72.2 Å². The van der Waals surface area contributed by atoms with Gasteiger partial charge in [0.1, 0.15) is 0 Å². The van der Waals surface area contributed by atoms with E-state index in [0.29, 0.717) is 0 Å². The van der Waals surface area contributed by atoms with Gasteiger partial charge in [-0.15, -0.1) is 0 Å². The third kappa shape index (κ3) is 3.01. The second-order valence-electron chi connectivity index (χ2n) is 4.74. The second-order valence-corrected chi connectivity index (χ2v) is 5.65. The summed E-state index contributed by atoms with van der Waals surface area (Å²) in [5.41, 5.74) is 11.4. The van der Waals surface area contributed by atoms with Crippen molar-refractivity contribution in [3.63, 3.8) is 0 Å². The zero-order valence-electron chi connectivity index (χ0n) is 10.8. The molecule has 0 spiro atoms. The van der Waals surface area contributed by atoms with Gasteiger partial charge >= 0.3 is 0 Å². The molecule has 2 N–H and O–H groups in total. The normalized spacial score (nSPS) is 12.4. The van der Waals surface area contributed by atoms with E-state index in [1.54, 1.807) is 0 Å². The predicted octanol–water partition coefficient (Wildman–Crippen LogP) is 4.31. The Kier molecular flexibility index (Phi) is 4.20. The monoisotopic (exact) mass is 303 g/mol. The van der Waals surface area contributed by atoms with Gasteiger partial charge in [-0.25, -0.2) is 0 Å². The highest BCUT2D eigenvalue weighted by atomic mass is 79.9. The van der Waals surface area contributed by atoms with Crippen LogP contribution in [-0.2, 0) is 6.42 Å². The Bertz CT molecular complexity index is 549. The second kappa shape index (κ2) is 5.68. The SMILES string of the molecule is Cc1ccccc1CC(N)c1cc(Br)ccc1C. The molecule has 0 aromatic heterocycles. The Morgan fingerprint density at radius 1 is 1.06 bits per heavy atom. The molecule has 94 valence electrons. The molecule has 0 heterocycles. The van der Waals surface area contributed by atoms with Crippen LogP contribution in [0.25, 0.3) is 0 Å². The van der Waals surface area contributed by atoms with Crippen LogP contribution in [0.1, 0.15) is 28.3 Å². The first-order valence-corrected chi connectivity index (χ1v) is 6.93. The van der Waals surface area contributed by atoms with Gasteiger partial charge in [-0.1, -0.05) is 46.3 Å². The van der Waals surface area contributed by atoms with Gasteiger partial charge < -0.3 is 5.73 Å². The molecular formula is C16H18BrN. The highest BCUT2D eigenvalue weighted by Crippen LogP contribution is 2.24. The van der Waals surface area contributed by atoms with Gasteiger partial charge in [-0.05, 0) is 54.7 Å². The van der Waals surface area contributed by atoms with Crippen LogP contribution >= 0.6 is 15.9 Å². The molecule has 0 aliphatic rings. The van der Waals surface area contributed by atoms with Gasteiger partial charge in [0, 0.05) is 10.5 Å². The molecule has 1 nitrogen and oxygen atoms in total. The van der Waals surface area contributed by atoms with Gasteiger partial charge in [0.05, 0.1) is 0 Å². The minimum absolute atomic E-state index is 0.0450. The van der Waals surface area contributed by atoms with Crippen molar-refractivity contribution in [2.24, 2.45) is 5.73 Å². The summed E-state index contributed by atoms with van der Waals surface area (Å²) < 4.78 is 1.09. The molecule has 2 rings (SSSR count). The average molecular weight is 304 g/mol. The predicted molar refractivity (Wildman–Crippen MR) is 80.7 cm³/mol. The number of aryl methyl sites for hydroxylation is 2. The van der Waals surface area contributed by atoms with Crippen LogP contribution in [0.2, 0.25) is 0 Å². The molecule has 0 amide bonds. The first-order chi connectivity index (χ1) is 8.58. The first kappa shape index (κ1) is 13.3. The van der Waals surface area contributed by atoms with Crippen molar-refractivity contribution < 1.29 is 0 Å². The summed E-state index contributed by atoms with van der Waals surface area (Å²) in [5, 5.41) is 0. The minimum atomic E-state index is 0.0450. The maximum Gasteiger partial charge on any atom is 0.0338 e. The van der Waals surface area contributed by atoms with Crippen LogP contribution in [0.15, 0.2) is 46.9 Å². The lowest BCUT2D eigenvalue weighted by Crippen LogP contribution is -2.15. The molecule has 18 heavy (non-hydrogen) atoms. The number of hydrogen-bond acceptors (Lipinski definition) is 1. The summed E-state index contributed by atoms with van der Waals surface area (Å²) in [6.07, 6.45) is 0.879. The van der Waals surface area contributed by atoms with Crippen molar-refractivity contribution in [3.8, 4) is 0 Å². The molecule has 0 saturated carbocycles. The Morgan fingerprint density at radius 3 is 2.50 bits per heavy atom. The van der Waals surface area contributed by atoms with E-state index in [4.69, 9.17) is 5.73 Å². The fourth-order valence-corrected chi connectivity index (χ4v) is 2.58. The van der Waals surface area contributed by atoms with E-state index in [0.717, 1.165) is 10.9 Å². The largest absolute Gasteiger partial charge is 0.324 e. The van der Waals surface area contributed by atoms with Gasteiger partial charge in [0.15, 0.2) is 0 Å². The molecule has 2 aromatic carbocycles. The summed E-state index contributed by atoms with van der Waals surface area (Å²) in [4.78, 5) is 0. The Balaban J connectivity index is 2.25. The van der Waals surface area contributed by atoms with Crippen molar-refractivity contribution in [1.29, 1.82) is 0 Å². The smallest absolute Gasteiger partial charge is 0.0338 e. The van der Waals surface area contributed by atoms with Crippen LogP contribution in [-0.4, -0.2) is 0 Å². The summed E-state index contributed by atoms with van der Waals surface area (Å²) >= 11 is 3.51. The van der Waals surface area contributed by atoms with E-state index < -0.39 is 0 Å². The highest BCUT2D eigenvalue weighted by molar-refractivity contribution is 9.10. The lowest BCUT2D eigenvalue weighted by molar-refractivity contribution is 0.713. The third-order valence-corrected chi connectivity index (χ3v) is 3.84. The number of halogens is 1. The maximum atomic E-state index is 6.34. The number of benzene rings is 2. The van der Waals surface area contributed by atoms with Crippen molar-refractivity contribution >= 4 is 15.9 Å². The molecule has 0 saturated heterocycles. The lowest BCUT2D eigenvalue weighted by Gasteiger charge is -2.16. The molecule has 2 heteroatoms. The quantitative estimate of drug-likeness (QED) is 0.898. The number of rotatable bonds is 3. The van der Waals surface area contributed by atoms with Gasteiger partial charge in [-0.3, -0.25) is 0 Å². The van der Waals surface area contributed by atoms with E-state index >= 15 is 0 Å². The van der Waals surface area contributed by atoms with Crippen molar-refractivity contribution in [2.45, 2.75) is 26.3 Å². The average Bonchev–Trinajstić information content (AvgIpc) is 2.35.